The Balaban J connectivity index is 2.42. The lowest BCUT2D eigenvalue weighted by atomic mass is 10.0. The maximum Gasteiger partial charge on any atom is 0.431 e. The molecule has 2 rings (SSSR count). The average Bonchev–Trinajstić information content (AvgIpc) is 2.53. The summed E-state index contributed by atoms with van der Waals surface area (Å²) >= 11 is 0. The molecule has 132 valence electrons. The van der Waals surface area contributed by atoms with Crippen LogP contribution in [0.3, 0.4) is 0 Å². The molecule has 0 saturated heterocycles. The second kappa shape index (κ2) is 7.00. The molecule has 0 unspecified atom stereocenters. The lowest BCUT2D eigenvalue weighted by Gasteiger charge is -2.15. The van der Waals surface area contributed by atoms with Crippen molar-refractivity contribution in [3.05, 3.63) is 77.5 Å². The molecule has 1 N–H and O–H groups in total. The third kappa shape index (κ3) is 4.85. The number of allylic oxidation sites excluding steroid dienone is 2. The molecule has 0 saturated carbocycles. The zero-order valence-electron chi connectivity index (χ0n) is 12.4. The molecule has 0 aliphatic rings. The molecule has 0 fully saturated rings. The zero-order valence-corrected chi connectivity index (χ0v) is 12.4. The van der Waals surface area contributed by atoms with Gasteiger partial charge >= 0.3 is 12.4 Å². The highest BCUT2D eigenvalue weighted by Gasteiger charge is 2.37. The van der Waals surface area contributed by atoms with Crippen LogP contribution in [0.15, 0.2) is 66.4 Å². The molecule has 2 nitrogen and oxygen atoms in total. The molecule has 2 aromatic rings. The van der Waals surface area contributed by atoms with E-state index < -0.39 is 35.0 Å². The minimum atomic E-state index is -4.95. The van der Waals surface area contributed by atoms with Gasteiger partial charge in [-0.25, -0.2) is 0 Å². The van der Waals surface area contributed by atoms with E-state index in [0.29, 0.717) is 6.07 Å². The second-order valence-corrected chi connectivity index (χ2v) is 4.95. The molecule has 0 radical (unpaired) electrons. The van der Waals surface area contributed by atoms with Crippen LogP contribution in [0.1, 0.15) is 15.9 Å². The predicted molar refractivity (Wildman–Crippen MR) is 80.0 cm³/mol. The Hall–Kier alpha value is -2.77. The van der Waals surface area contributed by atoms with Gasteiger partial charge in [0, 0.05) is 17.3 Å². The fraction of sp³-hybridized carbons (Fsp3) is 0.118. The van der Waals surface area contributed by atoms with Gasteiger partial charge in [0.15, 0.2) is 5.78 Å². The Morgan fingerprint density at radius 1 is 0.840 bits per heavy atom. The van der Waals surface area contributed by atoms with Crippen LogP contribution >= 0.6 is 0 Å². The molecule has 0 heterocycles. The summed E-state index contributed by atoms with van der Waals surface area (Å²) < 4.78 is 78.1. The number of rotatable bonds is 4. The Morgan fingerprint density at radius 2 is 1.40 bits per heavy atom. The van der Waals surface area contributed by atoms with Crippen molar-refractivity contribution >= 4 is 11.5 Å². The molecular weight excluding hydrogens is 348 g/mol. The molecule has 0 atom stereocenters. The second-order valence-electron chi connectivity index (χ2n) is 4.95. The van der Waals surface area contributed by atoms with E-state index in [4.69, 9.17) is 0 Å². The number of benzene rings is 2. The van der Waals surface area contributed by atoms with E-state index in [1.165, 1.54) is 24.3 Å². The summed E-state index contributed by atoms with van der Waals surface area (Å²) in [5.41, 5.74) is -3.56. The number of ketones is 1. The smallest absolute Gasteiger partial charge is 0.351 e. The highest BCUT2D eigenvalue weighted by atomic mass is 19.4. The third-order valence-electron chi connectivity index (χ3n) is 3.13. The van der Waals surface area contributed by atoms with Crippen molar-refractivity contribution in [3.63, 3.8) is 0 Å². The molecule has 0 spiro atoms. The van der Waals surface area contributed by atoms with Crippen molar-refractivity contribution in [1.82, 2.24) is 0 Å². The van der Waals surface area contributed by atoms with Gasteiger partial charge in [-0.15, -0.1) is 0 Å². The van der Waals surface area contributed by atoms with Crippen LogP contribution in [0.2, 0.25) is 0 Å². The van der Waals surface area contributed by atoms with Crippen LogP contribution in [-0.2, 0) is 6.18 Å². The Morgan fingerprint density at radius 3 is 1.96 bits per heavy atom. The summed E-state index contributed by atoms with van der Waals surface area (Å²) in [5.74, 6) is -1.40. The molecule has 0 aromatic heterocycles. The molecule has 25 heavy (non-hydrogen) atoms. The normalized spacial score (nSPS) is 12.8. The van der Waals surface area contributed by atoms with E-state index in [1.54, 1.807) is 6.07 Å². The summed E-state index contributed by atoms with van der Waals surface area (Å²) in [7, 11) is 0. The topological polar surface area (TPSA) is 29.1 Å². The monoisotopic (exact) mass is 359 g/mol. The van der Waals surface area contributed by atoms with Crippen LogP contribution < -0.4 is 5.32 Å². The van der Waals surface area contributed by atoms with E-state index >= 15 is 0 Å². The number of hydrogen-bond acceptors (Lipinski definition) is 2. The largest absolute Gasteiger partial charge is 0.431 e. The summed E-state index contributed by atoms with van der Waals surface area (Å²) in [4.78, 5) is 12.0. The first-order valence-corrected chi connectivity index (χ1v) is 6.90. The van der Waals surface area contributed by atoms with Crippen molar-refractivity contribution in [3.8, 4) is 0 Å². The number of carbonyl (C=O) groups is 1. The fourth-order valence-corrected chi connectivity index (χ4v) is 2.02. The Labute approximate surface area is 138 Å². The number of nitrogens with one attached hydrogen (secondary N) is 1. The van der Waals surface area contributed by atoms with E-state index in [1.807, 2.05) is 5.32 Å². The van der Waals surface area contributed by atoms with Crippen molar-refractivity contribution < 1.29 is 31.1 Å². The first-order valence-electron chi connectivity index (χ1n) is 6.90. The summed E-state index contributed by atoms with van der Waals surface area (Å²) in [5, 5.41) is 2.01. The van der Waals surface area contributed by atoms with E-state index in [-0.39, 0.29) is 11.8 Å². The van der Waals surface area contributed by atoms with Gasteiger partial charge in [-0.3, -0.25) is 4.79 Å². The third-order valence-corrected chi connectivity index (χ3v) is 3.13. The lowest BCUT2D eigenvalue weighted by molar-refractivity contribution is -0.137. The molecule has 0 aliphatic carbocycles. The zero-order chi connectivity index (χ0) is 18.7. The van der Waals surface area contributed by atoms with Gasteiger partial charge in [-0.05, 0) is 18.2 Å². The van der Waals surface area contributed by atoms with Gasteiger partial charge in [0.1, 0.15) is 5.70 Å². The first-order chi connectivity index (χ1) is 11.6. The maximum absolute atomic E-state index is 13.1. The van der Waals surface area contributed by atoms with Crippen LogP contribution in [-0.4, -0.2) is 12.0 Å². The van der Waals surface area contributed by atoms with Gasteiger partial charge in [-0.1, -0.05) is 36.4 Å². The number of para-hydroxylation sites is 1. The fourth-order valence-electron chi connectivity index (χ4n) is 2.02. The standard InChI is InChI=1S/C17H11F6NO/c18-16(19,20)13-9-5-4-8-12(13)14(25)10-15(17(21,22)23)24-11-6-2-1-3-7-11/h1-10,24H/b15-10+. The van der Waals surface area contributed by atoms with Crippen LogP contribution in [0.5, 0.6) is 0 Å². The maximum atomic E-state index is 13.1. The Bertz CT molecular complexity index is 778. The number of alkyl halides is 6. The summed E-state index contributed by atoms with van der Waals surface area (Å²) in [6.07, 6.45) is -9.68. The molecule has 2 aromatic carbocycles. The minimum absolute atomic E-state index is 0.0444. The van der Waals surface area contributed by atoms with Crippen molar-refractivity contribution in [2.75, 3.05) is 5.32 Å². The van der Waals surface area contributed by atoms with Crippen molar-refractivity contribution in [2.45, 2.75) is 12.4 Å². The Kier molecular flexibility index (Phi) is 5.20. The lowest BCUT2D eigenvalue weighted by Crippen LogP contribution is -2.21. The molecule has 0 amide bonds. The van der Waals surface area contributed by atoms with E-state index in [0.717, 1.165) is 18.2 Å². The van der Waals surface area contributed by atoms with Gasteiger partial charge in [-0.2, -0.15) is 26.3 Å². The first kappa shape index (κ1) is 18.6. The molecule has 8 heteroatoms. The summed E-state index contributed by atoms with van der Waals surface area (Å²) in [6.45, 7) is 0. The van der Waals surface area contributed by atoms with Gasteiger partial charge in [0.25, 0.3) is 0 Å². The number of anilines is 1. The average molecular weight is 359 g/mol. The predicted octanol–water partition coefficient (Wildman–Crippen LogP) is 5.45. The SMILES string of the molecule is O=C(/C=C(/Nc1ccccc1)C(F)(F)F)c1ccccc1C(F)(F)F. The van der Waals surface area contributed by atoms with Gasteiger partial charge in [0.05, 0.1) is 5.56 Å². The van der Waals surface area contributed by atoms with Crippen molar-refractivity contribution in [2.24, 2.45) is 0 Å². The number of hydrogen-bond donors (Lipinski definition) is 1. The van der Waals surface area contributed by atoms with E-state index in [2.05, 4.69) is 0 Å². The van der Waals surface area contributed by atoms with Crippen molar-refractivity contribution in [1.29, 1.82) is 0 Å². The van der Waals surface area contributed by atoms with Crippen LogP contribution in [0.25, 0.3) is 0 Å². The van der Waals surface area contributed by atoms with Crippen LogP contribution in [0, 0.1) is 0 Å². The molecular formula is C17H11F6NO. The summed E-state index contributed by atoms with van der Waals surface area (Å²) in [6, 6.07) is 10.8. The quantitative estimate of drug-likeness (QED) is 0.447. The highest BCUT2D eigenvalue weighted by Crippen LogP contribution is 2.33. The minimum Gasteiger partial charge on any atom is -0.351 e. The molecule has 0 bridgehead atoms. The van der Waals surface area contributed by atoms with E-state index in [9.17, 15) is 31.1 Å². The number of halogens is 6. The van der Waals surface area contributed by atoms with Gasteiger partial charge in [0.2, 0.25) is 0 Å². The van der Waals surface area contributed by atoms with Gasteiger partial charge < -0.3 is 5.32 Å². The molecule has 0 aliphatic heterocycles. The highest BCUT2D eigenvalue weighted by molar-refractivity contribution is 6.06. The number of carbonyl (C=O) groups excluding carboxylic acids is 1. The van der Waals surface area contributed by atoms with Crippen LogP contribution in [0.4, 0.5) is 32.0 Å².